The summed E-state index contributed by atoms with van der Waals surface area (Å²) in [5.74, 6) is 0. The summed E-state index contributed by atoms with van der Waals surface area (Å²) in [5, 5.41) is 0. The Labute approximate surface area is 178 Å². The first-order valence-electron chi connectivity index (χ1n) is 12.3. The standard InChI is InChI=1S/C24H50O3Si/c1-5-9-10-11-12-13-14-15-16-17-18-19-20-21-22-23-24-28(25-6-2,26-7-3)27-8-4/h23-24H,5-22H2,1-4H3. The van der Waals surface area contributed by atoms with E-state index < -0.39 is 8.80 Å². The van der Waals surface area contributed by atoms with Gasteiger partial charge in [-0.05, 0) is 39.3 Å². The number of rotatable bonds is 22. The SMILES string of the molecule is CCCCCCCCCCCCCCCCC=C[Si](OCC)(OCC)OCC. The third-order valence-electron chi connectivity index (χ3n) is 5.08. The van der Waals surface area contributed by atoms with Crippen LogP contribution in [0.2, 0.25) is 0 Å². The minimum Gasteiger partial charge on any atom is -0.371 e. The van der Waals surface area contributed by atoms with E-state index in [0.717, 1.165) is 6.42 Å². The van der Waals surface area contributed by atoms with Crippen LogP contribution in [0, 0.1) is 0 Å². The summed E-state index contributed by atoms with van der Waals surface area (Å²) < 4.78 is 17.5. The Bertz CT molecular complexity index is 317. The molecule has 0 atom stereocenters. The van der Waals surface area contributed by atoms with Gasteiger partial charge in [-0.15, -0.1) is 0 Å². The zero-order valence-corrected chi connectivity index (χ0v) is 20.6. The Hall–Kier alpha value is -0.163. The molecule has 0 aliphatic heterocycles. The van der Waals surface area contributed by atoms with Gasteiger partial charge in [0.2, 0.25) is 0 Å². The van der Waals surface area contributed by atoms with Crippen LogP contribution in [-0.2, 0) is 13.3 Å². The van der Waals surface area contributed by atoms with Crippen LogP contribution < -0.4 is 0 Å². The number of unbranched alkanes of at least 4 members (excludes halogenated alkanes) is 14. The van der Waals surface area contributed by atoms with Gasteiger partial charge in [0.05, 0.1) is 0 Å². The van der Waals surface area contributed by atoms with Crippen LogP contribution in [0.25, 0.3) is 0 Å². The average Bonchev–Trinajstić information content (AvgIpc) is 2.68. The molecule has 168 valence electrons. The van der Waals surface area contributed by atoms with Crippen molar-refractivity contribution >= 4 is 8.80 Å². The normalized spacial score (nSPS) is 12.3. The van der Waals surface area contributed by atoms with E-state index in [1.807, 2.05) is 20.8 Å². The highest BCUT2D eigenvalue weighted by molar-refractivity contribution is 6.66. The lowest BCUT2D eigenvalue weighted by Gasteiger charge is -2.25. The maximum atomic E-state index is 5.84. The van der Waals surface area contributed by atoms with Gasteiger partial charge in [0.15, 0.2) is 0 Å². The summed E-state index contributed by atoms with van der Waals surface area (Å²) >= 11 is 0. The second kappa shape index (κ2) is 21.5. The van der Waals surface area contributed by atoms with Crippen LogP contribution in [0.1, 0.15) is 124 Å². The molecule has 3 nitrogen and oxygen atoms in total. The number of hydrogen-bond acceptors (Lipinski definition) is 3. The van der Waals surface area contributed by atoms with Crippen molar-refractivity contribution in [3.05, 3.63) is 11.8 Å². The van der Waals surface area contributed by atoms with Crippen molar-refractivity contribution in [2.45, 2.75) is 124 Å². The minimum absolute atomic E-state index is 0.634. The van der Waals surface area contributed by atoms with Crippen LogP contribution in [-0.4, -0.2) is 28.6 Å². The van der Waals surface area contributed by atoms with Gasteiger partial charge in [-0.25, -0.2) is 0 Å². The molecule has 0 rings (SSSR count). The molecule has 0 N–H and O–H groups in total. The topological polar surface area (TPSA) is 27.7 Å². The maximum Gasteiger partial charge on any atom is 0.529 e. The summed E-state index contributed by atoms with van der Waals surface area (Å²) in [7, 11) is -2.58. The minimum atomic E-state index is -2.58. The highest BCUT2D eigenvalue weighted by Crippen LogP contribution is 2.15. The molecular weight excluding hydrogens is 364 g/mol. The van der Waals surface area contributed by atoms with Crippen molar-refractivity contribution in [2.24, 2.45) is 0 Å². The smallest absolute Gasteiger partial charge is 0.371 e. The Kier molecular flexibility index (Phi) is 21.4. The Balaban J connectivity index is 3.58. The maximum absolute atomic E-state index is 5.84. The quantitative estimate of drug-likeness (QED) is 0.133. The van der Waals surface area contributed by atoms with Gasteiger partial charge in [0, 0.05) is 19.8 Å². The third-order valence-corrected chi connectivity index (χ3v) is 7.80. The van der Waals surface area contributed by atoms with Gasteiger partial charge in [-0.1, -0.05) is 96.5 Å². The molecule has 0 saturated heterocycles. The van der Waals surface area contributed by atoms with Crippen LogP contribution in [0.4, 0.5) is 0 Å². The summed E-state index contributed by atoms with van der Waals surface area (Å²) in [5.41, 5.74) is 2.09. The van der Waals surface area contributed by atoms with Gasteiger partial charge in [0.1, 0.15) is 0 Å². The molecule has 0 bridgehead atoms. The summed E-state index contributed by atoms with van der Waals surface area (Å²) in [4.78, 5) is 0. The molecule has 0 radical (unpaired) electrons. The third kappa shape index (κ3) is 16.8. The van der Waals surface area contributed by atoms with Crippen molar-refractivity contribution in [1.29, 1.82) is 0 Å². The predicted octanol–water partition coefficient (Wildman–Crippen LogP) is 8.00. The van der Waals surface area contributed by atoms with E-state index in [0.29, 0.717) is 19.8 Å². The lowest BCUT2D eigenvalue weighted by Crippen LogP contribution is -2.44. The zero-order chi connectivity index (χ0) is 20.8. The molecule has 0 aliphatic rings. The van der Waals surface area contributed by atoms with Gasteiger partial charge in [0.25, 0.3) is 0 Å². The van der Waals surface area contributed by atoms with Crippen LogP contribution in [0.15, 0.2) is 11.8 Å². The lowest BCUT2D eigenvalue weighted by molar-refractivity contribution is 0.0842. The molecule has 0 unspecified atom stereocenters. The second-order valence-electron chi connectivity index (χ2n) is 7.69. The van der Waals surface area contributed by atoms with E-state index in [-0.39, 0.29) is 0 Å². The highest BCUT2D eigenvalue weighted by atomic mass is 28.4. The van der Waals surface area contributed by atoms with Gasteiger partial charge in [-0.2, -0.15) is 0 Å². The molecular formula is C24H50O3Si. The van der Waals surface area contributed by atoms with Crippen molar-refractivity contribution < 1.29 is 13.3 Å². The van der Waals surface area contributed by atoms with Crippen molar-refractivity contribution in [3.63, 3.8) is 0 Å². The van der Waals surface area contributed by atoms with Gasteiger partial charge < -0.3 is 13.3 Å². The Morgan fingerprint density at radius 3 is 1.21 bits per heavy atom. The van der Waals surface area contributed by atoms with E-state index in [2.05, 4.69) is 18.7 Å². The van der Waals surface area contributed by atoms with Crippen LogP contribution >= 0.6 is 0 Å². The fraction of sp³-hybridized carbons (Fsp3) is 0.917. The summed E-state index contributed by atoms with van der Waals surface area (Å²) in [6.07, 6.45) is 23.0. The second-order valence-corrected chi connectivity index (χ2v) is 10.1. The first-order chi connectivity index (χ1) is 13.7. The Morgan fingerprint density at radius 1 is 0.500 bits per heavy atom. The number of hydrogen-bond donors (Lipinski definition) is 0. The zero-order valence-electron chi connectivity index (χ0n) is 19.6. The fourth-order valence-corrected chi connectivity index (χ4v) is 5.76. The molecule has 0 spiro atoms. The highest BCUT2D eigenvalue weighted by Gasteiger charge is 2.37. The monoisotopic (exact) mass is 414 g/mol. The van der Waals surface area contributed by atoms with E-state index in [1.165, 1.54) is 89.9 Å². The molecule has 4 heteroatoms. The molecule has 28 heavy (non-hydrogen) atoms. The molecule has 0 saturated carbocycles. The van der Waals surface area contributed by atoms with E-state index in [1.54, 1.807) is 0 Å². The van der Waals surface area contributed by atoms with E-state index >= 15 is 0 Å². The lowest BCUT2D eigenvalue weighted by atomic mass is 10.0. The molecule has 0 fully saturated rings. The van der Waals surface area contributed by atoms with Crippen molar-refractivity contribution in [2.75, 3.05) is 19.8 Å². The van der Waals surface area contributed by atoms with Crippen LogP contribution in [0.3, 0.4) is 0 Å². The molecule has 0 aliphatic carbocycles. The van der Waals surface area contributed by atoms with E-state index in [9.17, 15) is 0 Å². The van der Waals surface area contributed by atoms with Gasteiger partial charge >= 0.3 is 8.80 Å². The predicted molar refractivity (Wildman–Crippen MR) is 125 cm³/mol. The fourth-order valence-electron chi connectivity index (χ4n) is 3.56. The van der Waals surface area contributed by atoms with E-state index in [4.69, 9.17) is 13.3 Å². The molecule has 0 aromatic heterocycles. The molecule has 0 aromatic rings. The average molecular weight is 415 g/mol. The summed E-state index contributed by atoms with van der Waals surface area (Å²) in [6.45, 7) is 10.2. The largest absolute Gasteiger partial charge is 0.529 e. The first kappa shape index (κ1) is 27.8. The summed E-state index contributed by atoms with van der Waals surface area (Å²) in [6, 6.07) is 0. The molecule has 0 heterocycles. The molecule has 0 amide bonds. The molecule has 0 aromatic carbocycles. The first-order valence-corrected chi connectivity index (χ1v) is 14.1. The van der Waals surface area contributed by atoms with Crippen LogP contribution in [0.5, 0.6) is 0 Å². The van der Waals surface area contributed by atoms with Crippen molar-refractivity contribution in [3.8, 4) is 0 Å². The number of allylic oxidation sites excluding steroid dienone is 1. The van der Waals surface area contributed by atoms with Crippen molar-refractivity contribution in [1.82, 2.24) is 0 Å². The Morgan fingerprint density at radius 2 is 0.857 bits per heavy atom. The van der Waals surface area contributed by atoms with Gasteiger partial charge in [-0.3, -0.25) is 0 Å².